The Morgan fingerprint density at radius 3 is 2.59 bits per heavy atom. The molecule has 0 aliphatic rings. The van der Waals surface area contributed by atoms with Crippen molar-refractivity contribution in [3.63, 3.8) is 0 Å². The number of hydrogen-bond donors (Lipinski definition) is 0. The second kappa shape index (κ2) is 6.18. The molecule has 0 unspecified atom stereocenters. The van der Waals surface area contributed by atoms with Gasteiger partial charge in [-0.05, 0) is 42.8 Å². The number of para-hydroxylation sites is 1. The van der Waals surface area contributed by atoms with E-state index in [0.29, 0.717) is 5.95 Å². The van der Waals surface area contributed by atoms with Crippen molar-refractivity contribution < 1.29 is 0 Å². The maximum atomic E-state index is 4.50. The molecule has 0 aliphatic carbocycles. The molecule has 0 N–H and O–H groups in total. The van der Waals surface area contributed by atoms with Gasteiger partial charge in [-0.3, -0.25) is 4.57 Å². The van der Waals surface area contributed by atoms with Crippen LogP contribution in [0.5, 0.6) is 0 Å². The summed E-state index contributed by atoms with van der Waals surface area (Å²) in [6, 6.07) is 14.7. The van der Waals surface area contributed by atoms with Gasteiger partial charge in [0.15, 0.2) is 0 Å². The molecule has 130 valence electrons. The van der Waals surface area contributed by atoms with Crippen LogP contribution in [0.15, 0.2) is 73.6 Å². The first-order valence-corrected chi connectivity index (χ1v) is 9.63. The van der Waals surface area contributed by atoms with E-state index in [4.69, 9.17) is 0 Å². The largest absolute Gasteiger partial charge is 0.278 e. The summed E-state index contributed by atoms with van der Waals surface area (Å²) in [6.07, 6.45) is 9.53. The minimum absolute atomic E-state index is 0.697. The van der Waals surface area contributed by atoms with Crippen molar-refractivity contribution in [1.29, 1.82) is 0 Å². The number of benzene rings is 2. The lowest BCUT2D eigenvalue weighted by Gasteiger charge is -2.04. The van der Waals surface area contributed by atoms with Gasteiger partial charge in [-0.1, -0.05) is 36.9 Å². The van der Waals surface area contributed by atoms with E-state index < -0.39 is 0 Å². The van der Waals surface area contributed by atoms with Crippen molar-refractivity contribution >= 4 is 49.3 Å². The van der Waals surface area contributed by atoms with E-state index in [9.17, 15) is 0 Å². The van der Waals surface area contributed by atoms with Crippen LogP contribution < -0.4 is 0 Å². The molecular formula is C23H17N3S. The van der Waals surface area contributed by atoms with Gasteiger partial charge in [0, 0.05) is 38.1 Å². The van der Waals surface area contributed by atoms with Gasteiger partial charge in [0.25, 0.3) is 0 Å². The number of allylic oxidation sites excluding steroid dienone is 2. The van der Waals surface area contributed by atoms with E-state index in [-0.39, 0.29) is 0 Å². The number of fused-ring (bicyclic) bond motifs is 5. The lowest BCUT2D eigenvalue weighted by molar-refractivity contribution is 0.989. The van der Waals surface area contributed by atoms with Crippen LogP contribution in [-0.4, -0.2) is 14.5 Å². The minimum Gasteiger partial charge on any atom is -0.278 e. The number of nitrogens with zero attached hydrogens (tertiary/aromatic N) is 3. The fourth-order valence-corrected chi connectivity index (χ4v) is 4.89. The topological polar surface area (TPSA) is 30.7 Å². The molecule has 3 aromatic heterocycles. The van der Waals surface area contributed by atoms with Gasteiger partial charge in [0.2, 0.25) is 5.95 Å². The third-order valence-electron chi connectivity index (χ3n) is 4.90. The molecule has 0 saturated heterocycles. The second-order valence-electron chi connectivity index (χ2n) is 6.42. The Morgan fingerprint density at radius 1 is 0.963 bits per heavy atom. The van der Waals surface area contributed by atoms with Crippen LogP contribution in [0.4, 0.5) is 0 Å². The summed E-state index contributed by atoms with van der Waals surface area (Å²) < 4.78 is 3.45. The molecule has 3 heterocycles. The minimum atomic E-state index is 0.697. The average molecular weight is 367 g/mol. The molecule has 0 bridgehead atoms. The van der Waals surface area contributed by atoms with E-state index in [0.717, 1.165) is 11.0 Å². The lowest BCUT2D eigenvalue weighted by Crippen LogP contribution is -1.99. The summed E-state index contributed by atoms with van der Waals surface area (Å²) in [7, 11) is 0. The second-order valence-corrected chi connectivity index (χ2v) is 7.50. The quantitative estimate of drug-likeness (QED) is 0.351. The highest BCUT2D eigenvalue weighted by atomic mass is 32.1. The van der Waals surface area contributed by atoms with Crippen molar-refractivity contribution in [3.8, 4) is 5.95 Å². The molecule has 0 atom stereocenters. The zero-order valence-corrected chi connectivity index (χ0v) is 15.7. The maximum Gasteiger partial charge on any atom is 0.234 e. The predicted molar refractivity (Wildman–Crippen MR) is 116 cm³/mol. The van der Waals surface area contributed by atoms with E-state index >= 15 is 0 Å². The highest BCUT2D eigenvalue weighted by molar-refractivity contribution is 7.20. The summed E-state index contributed by atoms with van der Waals surface area (Å²) in [6.45, 7) is 5.99. The number of hydrogen-bond acceptors (Lipinski definition) is 3. The number of aryl methyl sites for hydroxylation is 1. The Hall–Kier alpha value is -3.24. The van der Waals surface area contributed by atoms with Crippen LogP contribution in [0.25, 0.3) is 43.9 Å². The Labute approximate surface area is 160 Å². The number of thiophene rings is 1. The molecule has 0 spiro atoms. The van der Waals surface area contributed by atoms with Crippen molar-refractivity contribution in [3.05, 3.63) is 84.0 Å². The normalized spacial score (nSPS) is 11.9. The van der Waals surface area contributed by atoms with Gasteiger partial charge in [-0.15, -0.1) is 11.3 Å². The number of rotatable bonds is 3. The molecule has 4 heteroatoms. The molecule has 0 saturated carbocycles. The smallest absolute Gasteiger partial charge is 0.234 e. The van der Waals surface area contributed by atoms with Gasteiger partial charge >= 0.3 is 0 Å². The molecule has 0 fully saturated rings. The molecule has 3 nitrogen and oxygen atoms in total. The summed E-state index contributed by atoms with van der Waals surface area (Å²) >= 11 is 1.82. The van der Waals surface area contributed by atoms with Gasteiger partial charge in [-0.25, -0.2) is 9.97 Å². The Bertz CT molecular complexity index is 1340. The summed E-state index contributed by atoms with van der Waals surface area (Å²) in [4.78, 5) is 10.3. The highest BCUT2D eigenvalue weighted by Gasteiger charge is 2.18. The van der Waals surface area contributed by atoms with Crippen molar-refractivity contribution in [2.45, 2.75) is 6.92 Å². The Morgan fingerprint density at radius 2 is 1.78 bits per heavy atom. The molecule has 5 rings (SSSR count). The molecule has 27 heavy (non-hydrogen) atoms. The highest BCUT2D eigenvalue weighted by Crippen LogP contribution is 2.41. The van der Waals surface area contributed by atoms with Crippen LogP contribution in [0, 0.1) is 6.92 Å². The zero-order chi connectivity index (χ0) is 18.4. The standard InChI is InChI=1S/C23H17N3S/c1-3-4-10-19-15(2)21-20(27-19)12-11-18-22(21)16-8-5-6-9-17(16)26(18)23-24-13-7-14-25-23/h3-14H,1H2,2H3/b10-4-. The first-order chi connectivity index (χ1) is 13.3. The van der Waals surface area contributed by atoms with Crippen molar-refractivity contribution in [1.82, 2.24) is 14.5 Å². The van der Waals surface area contributed by atoms with Gasteiger partial charge in [0.05, 0.1) is 11.0 Å². The molecule has 5 aromatic rings. The Kier molecular flexibility index (Phi) is 3.66. The Balaban J connectivity index is 1.98. The molecule has 0 radical (unpaired) electrons. The van der Waals surface area contributed by atoms with E-state index in [1.807, 2.05) is 29.6 Å². The van der Waals surface area contributed by atoms with E-state index in [1.165, 1.54) is 31.3 Å². The first-order valence-electron chi connectivity index (χ1n) is 8.81. The summed E-state index contributed by atoms with van der Waals surface area (Å²) in [5.74, 6) is 0.697. The predicted octanol–water partition coefficient (Wildman–Crippen LogP) is 6.30. The molecular weight excluding hydrogens is 350 g/mol. The van der Waals surface area contributed by atoms with Crippen molar-refractivity contribution in [2.24, 2.45) is 0 Å². The summed E-state index contributed by atoms with van der Waals surface area (Å²) in [5.41, 5.74) is 3.56. The molecule has 0 amide bonds. The monoisotopic (exact) mass is 367 g/mol. The third kappa shape index (κ3) is 2.34. The average Bonchev–Trinajstić information content (AvgIpc) is 3.21. The van der Waals surface area contributed by atoms with E-state index in [2.05, 4.69) is 70.5 Å². The fraction of sp³-hybridized carbons (Fsp3) is 0.0435. The van der Waals surface area contributed by atoms with Crippen LogP contribution in [0.1, 0.15) is 10.4 Å². The third-order valence-corrected chi connectivity index (χ3v) is 6.12. The summed E-state index contributed by atoms with van der Waals surface area (Å²) in [5, 5.41) is 3.81. The maximum absolute atomic E-state index is 4.50. The van der Waals surface area contributed by atoms with Crippen LogP contribution in [0.3, 0.4) is 0 Å². The van der Waals surface area contributed by atoms with Crippen molar-refractivity contribution in [2.75, 3.05) is 0 Å². The zero-order valence-electron chi connectivity index (χ0n) is 14.9. The van der Waals surface area contributed by atoms with E-state index in [1.54, 1.807) is 12.4 Å². The van der Waals surface area contributed by atoms with Crippen LogP contribution >= 0.6 is 11.3 Å². The van der Waals surface area contributed by atoms with Crippen LogP contribution in [0.2, 0.25) is 0 Å². The SMILES string of the molecule is C=C/C=C\c1sc2ccc3c(c4ccccc4n3-c3ncccn3)c2c1C. The van der Waals surface area contributed by atoms with Gasteiger partial charge in [0.1, 0.15) is 0 Å². The van der Waals surface area contributed by atoms with Gasteiger partial charge < -0.3 is 0 Å². The number of aromatic nitrogens is 3. The lowest BCUT2D eigenvalue weighted by atomic mass is 10.0. The molecule has 2 aromatic carbocycles. The van der Waals surface area contributed by atoms with Crippen LogP contribution in [-0.2, 0) is 0 Å². The van der Waals surface area contributed by atoms with Gasteiger partial charge in [-0.2, -0.15) is 0 Å². The fourth-order valence-electron chi connectivity index (χ4n) is 3.75. The first kappa shape index (κ1) is 16.0. The molecule has 0 aliphatic heterocycles.